The molecule has 0 bridgehead atoms. The van der Waals surface area contributed by atoms with E-state index in [4.69, 9.17) is 9.72 Å². The van der Waals surface area contributed by atoms with E-state index < -0.39 is 0 Å². The number of methoxy groups -OCH3 is 1. The van der Waals surface area contributed by atoms with Crippen LogP contribution in [0.2, 0.25) is 0 Å². The Balaban J connectivity index is 1.86. The molecule has 0 unspecified atom stereocenters. The molecule has 1 aliphatic rings. The molecule has 3 aromatic rings. The van der Waals surface area contributed by atoms with E-state index >= 15 is 0 Å². The molecule has 0 spiro atoms. The third-order valence-corrected chi connectivity index (χ3v) is 6.53. The van der Waals surface area contributed by atoms with Gasteiger partial charge in [0.25, 0.3) is 5.56 Å². The highest BCUT2D eigenvalue weighted by Crippen LogP contribution is 2.32. The van der Waals surface area contributed by atoms with Gasteiger partial charge in [-0.15, -0.1) is 11.3 Å². The third kappa shape index (κ3) is 3.64. The van der Waals surface area contributed by atoms with E-state index in [1.54, 1.807) is 18.4 Å². The molecule has 0 aliphatic carbocycles. The fraction of sp³-hybridized carbons (Fsp3) is 0.455. The highest BCUT2D eigenvalue weighted by atomic mass is 32.1. The van der Waals surface area contributed by atoms with Gasteiger partial charge in [0.1, 0.15) is 10.7 Å². The molecule has 0 N–H and O–H groups in total. The molecule has 1 fully saturated rings. The van der Waals surface area contributed by atoms with Crippen molar-refractivity contribution < 1.29 is 4.74 Å². The van der Waals surface area contributed by atoms with Gasteiger partial charge in [0.15, 0.2) is 0 Å². The van der Waals surface area contributed by atoms with Crippen LogP contribution in [0.5, 0.6) is 0 Å². The van der Waals surface area contributed by atoms with Gasteiger partial charge >= 0.3 is 0 Å². The van der Waals surface area contributed by atoms with Crippen molar-refractivity contribution in [3.8, 4) is 11.1 Å². The van der Waals surface area contributed by atoms with Crippen molar-refractivity contribution in [2.45, 2.75) is 32.2 Å². The minimum absolute atomic E-state index is 0.0995. The molecule has 6 heteroatoms. The normalized spacial score (nSPS) is 16.1. The van der Waals surface area contributed by atoms with Crippen molar-refractivity contribution in [2.75, 3.05) is 33.9 Å². The maximum Gasteiger partial charge on any atom is 0.263 e. The lowest BCUT2D eigenvalue weighted by Gasteiger charge is -2.31. The number of aryl methyl sites for hydroxylation is 1. The van der Waals surface area contributed by atoms with Crippen LogP contribution in [0, 0.1) is 6.92 Å². The van der Waals surface area contributed by atoms with Crippen molar-refractivity contribution in [3.05, 3.63) is 51.4 Å². The van der Waals surface area contributed by atoms with Crippen LogP contribution < -0.4 is 5.56 Å². The van der Waals surface area contributed by atoms with Crippen molar-refractivity contribution in [1.82, 2.24) is 14.5 Å². The number of thiophene rings is 1. The SMILES string of the molecule is COCCc1nc2scc(-c3ccc(C)cc3)c2c(=O)n1C1CCN(C)CC1. The van der Waals surface area contributed by atoms with Crippen LogP contribution in [0.25, 0.3) is 21.3 Å². The van der Waals surface area contributed by atoms with Gasteiger partial charge in [-0.3, -0.25) is 9.36 Å². The molecule has 0 saturated carbocycles. The Kier molecular flexibility index (Phi) is 5.62. The number of likely N-dealkylation sites (tertiary alicyclic amines) is 1. The first kappa shape index (κ1) is 19.3. The maximum absolute atomic E-state index is 13.7. The van der Waals surface area contributed by atoms with Gasteiger partial charge in [-0.1, -0.05) is 29.8 Å². The van der Waals surface area contributed by atoms with E-state index in [-0.39, 0.29) is 11.6 Å². The van der Waals surface area contributed by atoms with E-state index in [9.17, 15) is 4.79 Å². The topological polar surface area (TPSA) is 47.4 Å². The third-order valence-electron chi connectivity index (χ3n) is 5.66. The molecule has 28 heavy (non-hydrogen) atoms. The lowest BCUT2D eigenvalue weighted by molar-refractivity contribution is 0.191. The fourth-order valence-corrected chi connectivity index (χ4v) is 4.95. The zero-order chi connectivity index (χ0) is 19.7. The summed E-state index contributed by atoms with van der Waals surface area (Å²) in [5.74, 6) is 0.853. The van der Waals surface area contributed by atoms with Crippen molar-refractivity contribution in [3.63, 3.8) is 0 Å². The first-order valence-corrected chi connectivity index (χ1v) is 10.7. The summed E-state index contributed by atoms with van der Waals surface area (Å²) in [4.78, 5) is 21.8. The number of aromatic nitrogens is 2. The summed E-state index contributed by atoms with van der Waals surface area (Å²) < 4.78 is 7.25. The second kappa shape index (κ2) is 8.15. The summed E-state index contributed by atoms with van der Waals surface area (Å²) in [6.45, 7) is 4.66. The zero-order valence-electron chi connectivity index (χ0n) is 16.8. The summed E-state index contributed by atoms with van der Waals surface area (Å²) in [6.07, 6.45) is 2.62. The Morgan fingerprint density at radius 3 is 2.61 bits per heavy atom. The number of nitrogens with zero attached hydrogens (tertiary/aromatic N) is 3. The zero-order valence-corrected chi connectivity index (χ0v) is 17.6. The largest absolute Gasteiger partial charge is 0.384 e. The molecule has 5 nitrogen and oxygen atoms in total. The number of hydrogen-bond acceptors (Lipinski definition) is 5. The highest BCUT2D eigenvalue weighted by molar-refractivity contribution is 7.17. The van der Waals surface area contributed by atoms with Crippen LogP contribution in [0.1, 0.15) is 30.3 Å². The number of piperidine rings is 1. The molecule has 4 rings (SSSR count). The molecule has 1 aromatic carbocycles. The summed E-state index contributed by atoms with van der Waals surface area (Å²) in [6, 6.07) is 8.58. The van der Waals surface area contributed by atoms with Crippen LogP contribution >= 0.6 is 11.3 Å². The van der Waals surface area contributed by atoms with Gasteiger partial charge in [-0.2, -0.15) is 0 Å². The molecule has 0 atom stereocenters. The first-order valence-electron chi connectivity index (χ1n) is 9.85. The quantitative estimate of drug-likeness (QED) is 0.655. The Labute approximate surface area is 169 Å². The van der Waals surface area contributed by atoms with Crippen LogP contribution in [-0.4, -0.2) is 48.3 Å². The number of benzene rings is 1. The van der Waals surface area contributed by atoms with Crippen molar-refractivity contribution in [1.29, 1.82) is 0 Å². The van der Waals surface area contributed by atoms with E-state index in [0.717, 1.165) is 53.1 Å². The number of hydrogen-bond donors (Lipinski definition) is 0. The second-order valence-corrected chi connectivity index (χ2v) is 8.53. The molecular formula is C22H27N3O2S. The van der Waals surface area contributed by atoms with Gasteiger partial charge in [-0.25, -0.2) is 4.98 Å². The Bertz CT molecular complexity index is 1010. The van der Waals surface area contributed by atoms with E-state index in [1.165, 1.54) is 5.56 Å². The van der Waals surface area contributed by atoms with E-state index in [1.807, 2.05) is 4.57 Å². The molecule has 0 radical (unpaired) electrons. The minimum atomic E-state index is 0.0995. The summed E-state index contributed by atoms with van der Waals surface area (Å²) in [7, 11) is 3.83. The van der Waals surface area contributed by atoms with Crippen molar-refractivity contribution in [2.24, 2.45) is 0 Å². The van der Waals surface area contributed by atoms with Gasteiger partial charge < -0.3 is 9.64 Å². The molecule has 1 aliphatic heterocycles. The van der Waals surface area contributed by atoms with Gasteiger partial charge in [0.2, 0.25) is 0 Å². The lowest BCUT2D eigenvalue weighted by atomic mass is 10.0. The summed E-state index contributed by atoms with van der Waals surface area (Å²) in [5.41, 5.74) is 3.39. The maximum atomic E-state index is 13.7. The average Bonchev–Trinajstić information content (AvgIpc) is 3.12. The first-order chi connectivity index (χ1) is 13.6. The average molecular weight is 398 g/mol. The van der Waals surface area contributed by atoms with Crippen LogP contribution in [-0.2, 0) is 11.2 Å². The molecule has 3 heterocycles. The Morgan fingerprint density at radius 2 is 1.93 bits per heavy atom. The fourth-order valence-electron chi connectivity index (χ4n) is 3.99. The molecular weight excluding hydrogens is 370 g/mol. The van der Waals surface area contributed by atoms with Gasteiger partial charge in [0.05, 0.1) is 12.0 Å². The van der Waals surface area contributed by atoms with Gasteiger partial charge in [-0.05, 0) is 45.5 Å². The van der Waals surface area contributed by atoms with Crippen LogP contribution in [0.4, 0.5) is 0 Å². The number of rotatable bonds is 5. The molecule has 1 saturated heterocycles. The van der Waals surface area contributed by atoms with E-state index in [0.29, 0.717) is 13.0 Å². The van der Waals surface area contributed by atoms with Gasteiger partial charge in [0, 0.05) is 30.5 Å². The monoisotopic (exact) mass is 397 g/mol. The predicted octanol–water partition coefficient (Wildman–Crippen LogP) is 3.89. The Morgan fingerprint density at radius 1 is 1.21 bits per heavy atom. The van der Waals surface area contributed by atoms with Crippen molar-refractivity contribution >= 4 is 21.6 Å². The molecule has 148 valence electrons. The molecule has 0 amide bonds. The number of fused-ring (bicyclic) bond motifs is 1. The minimum Gasteiger partial charge on any atom is -0.384 e. The smallest absolute Gasteiger partial charge is 0.263 e. The van der Waals surface area contributed by atoms with Crippen LogP contribution in [0.15, 0.2) is 34.4 Å². The standard InChI is InChI=1S/C22H27N3O2S/c1-15-4-6-16(7-5-15)18-14-28-21-20(18)22(26)25(19(23-21)10-13-27-3)17-8-11-24(2)12-9-17/h4-7,14,17H,8-13H2,1-3H3. The van der Waals surface area contributed by atoms with E-state index in [2.05, 4.69) is 48.5 Å². The van der Waals surface area contributed by atoms with Crippen LogP contribution in [0.3, 0.4) is 0 Å². The second-order valence-electron chi connectivity index (χ2n) is 7.68. The predicted molar refractivity (Wildman–Crippen MR) is 115 cm³/mol. The molecule has 2 aromatic heterocycles. The Hall–Kier alpha value is -2.02. The summed E-state index contributed by atoms with van der Waals surface area (Å²) in [5, 5.41) is 2.83. The lowest BCUT2D eigenvalue weighted by Crippen LogP contribution is -2.37. The summed E-state index contributed by atoms with van der Waals surface area (Å²) >= 11 is 1.56. The highest BCUT2D eigenvalue weighted by Gasteiger charge is 2.25. The number of ether oxygens (including phenoxy) is 1.